The summed E-state index contributed by atoms with van der Waals surface area (Å²) in [4.78, 5) is 5.78. The van der Waals surface area contributed by atoms with Gasteiger partial charge in [0.05, 0.1) is 11.9 Å². The van der Waals surface area contributed by atoms with E-state index in [1.807, 2.05) is 0 Å². The second-order valence-corrected chi connectivity index (χ2v) is 4.29. The van der Waals surface area contributed by atoms with Crippen LogP contribution in [0.25, 0.3) is 0 Å². The van der Waals surface area contributed by atoms with Crippen LogP contribution in [0.2, 0.25) is 0 Å². The molecule has 1 aliphatic heterocycles. The molecular formula is C10H14N2S. The summed E-state index contributed by atoms with van der Waals surface area (Å²) in [6.07, 6.45) is 2.33. The van der Waals surface area contributed by atoms with Crippen LogP contribution in [0.4, 0.5) is 0 Å². The van der Waals surface area contributed by atoms with Crippen LogP contribution in [0.1, 0.15) is 30.7 Å². The Morgan fingerprint density at radius 3 is 3.15 bits per heavy atom. The number of nitrogens with one attached hydrogen (secondary N) is 1. The van der Waals surface area contributed by atoms with Gasteiger partial charge in [0.2, 0.25) is 0 Å². The predicted molar refractivity (Wildman–Crippen MR) is 57.4 cm³/mol. The molecule has 0 amide bonds. The third kappa shape index (κ3) is 2.10. The van der Waals surface area contributed by atoms with Gasteiger partial charge in [0.1, 0.15) is 0 Å². The highest BCUT2D eigenvalue weighted by molar-refractivity contribution is 7.10. The van der Waals surface area contributed by atoms with Gasteiger partial charge in [-0.05, 0) is 24.8 Å². The Morgan fingerprint density at radius 1 is 1.62 bits per heavy atom. The highest BCUT2D eigenvalue weighted by Crippen LogP contribution is 2.18. The number of hydrogen-bond acceptors (Lipinski definition) is 3. The fraction of sp³-hybridized carbons (Fsp3) is 0.500. The Morgan fingerprint density at radius 2 is 2.54 bits per heavy atom. The summed E-state index contributed by atoms with van der Waals surface area (Å²) in [6.45, 7) is 3.19. The number of amidine groups is 1. The van der Waals surface area contributed by atoms with E-state index in [0.29, 0.717) is 6.04 Å². The van der Waals surface area contributed by atoms with Crippen molar-refractivity contribution in [3.8, 4) is 0 Å². The molecule has 0 aliphatic carbocycles. The minimum atomic E-state index is 0.414. The maximum Gasteiger partial charge on any atom is 0.0968 e. The molecule has 70 valence electrons. The lowest BCUT2D eigenvalue weighted by Gasteiger charge is -2.12. The van der Waals surface area contributed by atoms with Gasteiger partial charge < -0.3 is 5.32 Å². The van der Waals surface area contributed by atoms with Gasteiger partial charge in [-0.2, -0.15) is 0 Å². The number of hydrogen-bond donors (Lipinski definition) is 1. The third-order valence-electron chi connectivity index (χ3n) is 2.23. The molecule has 0 saturated carbocycles. The summed E-state index contributed by atoms with van der Waals surface area (Å²) >= 11 is 1.80. The standard InChI is InChI=1S/C10H14N2S/c1-8(9-4-3-7-13-9)12-10-5-2-6-11-10/h3-4,7-8H,2,5-6H2,1H3,(H,11,12)/t8-/m1/s1. The summed E-state index contributed by atoms with van der Waals surface area (Å²) < 4.78 is 0. The summed E-state index contributed by atoms with van der Waals surface area (Å²) in [5.41, 5.74) is 0. The van der Waals surface area contributed by atoms with E-state index in [-0.39, 0.29) is 0 Å². The van der Waals surface area contributed by atoms with Crippen molar-refractivity contribution in [2.45, 2.75) is 25.8 Å². The molecule has 2 nitrogen and oxygen atoms in total. The van der Waals surface area contributed by atoms with Crippen molar-refractivity contribution in [1.82, 2.24) is 5.32 Å². The van der Waals surface area contributed by atoms with E-state index in [0.717, 1.165) is 13.0 Å². The van der Waals surface area contributed by atoms with Crippen LogP contribution >= 0.6 is 11.3 Å². The fourth-order valence-electron chi connectivity index (χ4n) is 1.52. The largest absolute Gasteiger partial charge is 0.367 e. The zero-order valence-electron chi connectivity index (χ0n) is 7.79. The first-order valence-electron chi connectivity index (χ1n) is 4.69. The average molecular weight is 194 g/mol. The average Bonchev–Trinajstić information content (AvgIpc) is 2.74. The Balaban J connectivity index is 1.95. The predicted octanol–water partition coefficient (Wildman–Crippen LogP) is 2.59. The maximum atomic E-state index is 4.40. The fourth-order valence-corrected chi connectivity index (χ4v) is 2.25. The summed E-state index contributed by atoms with van der Waals surface area (Å²) in [7, 11) is 0. The summed E-state index contributed by atoms with van der Waals surface area (Å²) in [5, 5.41) is 5.56. The van der Waals surface area contributed by atoms with Crippen molar-refractivity contribution < 1.29 is 0 Å². The molecule has 2 heterocycles. The molecule has 1 aliphatic rings. The molecule has 2 rings (SSSR count). The van der Waals surface area contributed by atoms with Crippen molar-refractivity contribution >= 4 is 17.2 Å². The lowest BCUT2D eigenvalue weighted by molar-refractivity contribution is 0.723. The van der Waals surface area contributed by atoms with Gasteiger partial charge in [0.25, 0.3) is 0 Å². The number of nitrogens with zero attached hydrogens (tertiary/aromatic N) is 1. The van der Waals surface area contributed by atoms with Crippen molar-refractivity contribution in [3.63, 3.8) is 0 Å². The van der Waals surface area contributed by atoms with E-state index in [9.17, 15) is 0 Å². The van der Waals surface area contributed by atoms with Crippen LogP contribution in [0.3, 0.4) is 0 Å². The highest BCUT2D eigenvalue weighted by atomic mass is 32.1. The smallest absolute Gasteiger partial charge is 0.0968 e. The zero-order chi connectivity index (χ0) is 9.10. The highest BCUT2D eigenvalue weighted by Gasteiger charge is 2.11. The van der Waals surface area contributed by atoms with Crippen molar-refractivity contribution in [1.29, 1.82) is 0 Å². The molecule has 1 aromatic rings. The van der Waals surface area contributed by atoms with Gasteiger partial charge in [-0.3, -0.25) is 4.99 Å². The Hall–Kier alpha value is -0.830. The second kappa shape index (κ2) is 3.92. The number of rotatable bonds is 2. The van der Waals surface area contributed by atoms with Crippen LogP contribution in [0.15, 0.2) is 22.5 Å². The summed E-state index contributed by atoms with van der Waals surface area (Å²) in [6, 6.07) is 4.67. The third-order valence-corrected chi connectivity index (χ3v) is 3.28. The molecule has 0 spiro atoms. The topological polar surface area (TPSA) is 24.4 Å². The van der Waals surface area contributed by atoms with Crippen LogP contribution in [-0.4, -0.2) is 12.4 Å². The van der Waals surface area contributed by atoms with Gasteiger partial charge in [-0.25, -0.2) is 0 Å². The molecule has 0 aromatic carbocycles. The SMILES string of the molecule is C[C@@H](NC1=NCCC1)c1cccs1. The lowest BCUT2D eigenvalue weighted by atomic mass is 10.2. The molecule has 1 aromatic heterocycles. The van der Waals surface area contributed by atoms with E-state index in [4.69, 9.17) is 0 Å². The van der Waals surface area contributed by atoms with Gasteiger partial charge >= 0.3 is 0 Å². The minimum absolute atomic E-state index is 0.414. The number of thiophene rings is 1. The van der Waals surface area contributed by atoms with Gasteiger partial charge in [-0.1, -0.05) is 6.07 Å². The lowest BCUT2D eigenvalue weighted by Crippen LogP contribution is -2.24. The molecular weight excluding hydrogens is 180 g/mol. The first-order chi connectivity index (χ1) is 6.36. The quantitative estimate of drug-likeness (QED) is 0.769. The van der Waals surface area contributed by atoms with Crippen molar-refractivity contribution in [3.05, 3.63) is 22.4 Å². The van der Waals surface area contributed by atoms with E-state index in [1.54, 1.807) is 11.3 Å². The van der Waals surface area contributed by atoms with Gasteiger partial charge in [-0.15, -0.1) is 11.3 Å². The normalized spacial score (nSPS) is 18.4. The minimum Gasteiger partial charge on any atom is -0.367 e. The zero-order valence-corrected chi connectivity index (χ0v) is 8.60. The Kier molecular flexibility index (Phi) is 2.64. The molecule has 0 fully saturated rings. The van der Waals surface area contributed by atoms with Crippen LogP contribution in [0, 0.1) is 0 Å². The van der Waals surface area contributed by atoms with Crippen molar-refractivity contribution in [2.24, 2.45) is 4.99 Å². The molecule has 0 saturated heterocycles. The molecule has 13 heavy (non-hydrogen) atoms. The maximum absolute atomic E-state index is 4.40. The van der Waals surface area contributed by atoms with Crippen molar-refractivity contribution in [2.75, 3.05) is 6.54 Å². The van der Waals surface area contributed by atoms with E-state index < -0.39 is 0 Å². The number of aliphatic imine (C=N–C) groups is 1. The van der Waals surface area contributed by atoms with Crippen LogP contribution < -0.4 is 5.32 Å². The van der Waals surface area contributed by atoms with E-state index >= 15 is 0 Å². The first-order valence-corrected chi connectivity index (χ1v) is 5.57. The molecule has 0 radical (unpaired) electrons. The van der Waals surface area contributed by atoms with E-state index in [2.05, 4.69) is 34.7 Å². The van der Waals surface area contributed by atoms with Crippen LogP contribution in [-0.2, 0) is 0 Å². The van der Waals surface area contributed by atoms with Gasteiger partial charge in [0.15, 0.2) is 0 Å². The molecule has 3 heteroatoms. The van der Waals surface area contributed by atoms with Crippen LogP contribution in [0.5, 0.6) is 0 Å². The Labute approximate surface area is 82.7 Å². The van der Waals surface area contributed by atoms with Gasteiger partial charge in [0, 0.05) is 17.8 Å². The Bertz CT molecular complexity index is 290. The monoisotopic (exact) mass is 194 g/mol. The molecule has 1 atom stereocenters. The molecule has 0 bridgehead atoms. The summed E-state index contributed by atoms with van der Waals surface area (Å²) in [5.74, 6) is 1.18. The van der Waals surface area contributed by atoms with E-state index in [1.165, 1.54) is 17.1 Å². The molecule has 0 unspecified atom stereocenters. The first kappa shape index (κ1) is 8.75. The second-order valence-electron chi connectivity index (χ2n) is 3.31. The molecule has 1 N–H and O–H groups in total.